The first-order valence-corrected chi connectivity index (χ1v) is 6.28. The second-order valence-corrected chi connectivity index (χ2v) is 4.14. The molecule has 0 aromatic carbocycles. The van der Waals surface area contributed by atoms with E-state index in [2.05, 4.69) is 19.1 Å². The Labute approximate surface area is 93.7 Å². The van der Waals surface area contributed by atoms with Gasteiger partial charge in [-0.2, -0.15) is 0 Å². The number of rotatable bonds is 10. The van der Waals surface area contributed by atoms with Gasteiger partial charge < -0.3 is 9.47 Å². The fourth-order valence-electron chi connectivity index (χ4n) is 1.43. The van der Waals surface area contributed by atoms with Crippen LogP contribution in [0.4, 0.5) is 0 Å². The zero-order valence-corrected chi connectivity index (χ0v) is 9.91. The van der Waals surface area contributed by atoms with Gasteiger partial charge in [0, 0.05) is 6.61 Å². The topological polar surface area (TPSA) is 21.8 Å². The molecule has 0 unspecified atom stereocenters. The summed E-state index contributed by atoms with van der Waals surface area (Å²) in [5.74, 6) is 0. The van der Waals surface area contributed by atoms with Crippen molar-refractivity contribution in [2.24, 2.45) is 0 Å². The zero-order chi connectivity index (χ0) is 10.8. The van der Waals surface area contributed by atoms with Gasteiger partial charge in [0.25, 0.3) is 0 Å². The Hall–Kier alpha value is -0.340. The summed E-state index contributed by atoms with van der Waals surface area (Å²) < 4.78 is 10.5. The van der Waals surface area contributed by atoms with Crippen LogP contribution >= 0.6 is 0 Å². The molecule has 0 aliphatic carbocycles. The van der Waals surface area contributed by atoms with E-state index in [1.165, 1.54) is 25.7 Å². The SMILES string of the molecule is CCCCCC=CCCCOC[C@@H]1CO1. The maximum absolute atomic E-state index is 5.44. The monoisotopic (exact) mass is 212 g/mol. The molecule has 1 heterocycles. The molecule has 1 fully saturated rings. The Balaban J connectivity index is 1.71. The van der Waals surface area contributed by atoms with E-state index in [9.17, 15) is 0 Å². The molecule has 0 aromatic rings. The molecule has 1 aliphatic heterocycles. The summed E-state index contributed by atoms with van der Waals surface area (Å²) in [7, 11) is 0. The summed E-state index contributed by atoms with van der Waals surface area (Å²) in [5, 5.41) is 0. The molecule has 1 aliphatic rings. The van der Waals surface area contributed by atoms with Crippen molar-refractivity contribution >= 4 is 0 Å². The van der Waals surface area contributed by atoms with E-state index in [0.29, 0.717) is 6.10 Å². The van der Waals surface area contributed by atoms with Crippen molar-refractivity contribution in [1.82, 2.24) is 0 Å². The predicted octanol–water partition coefficient (Wildman–Crippen LogP) is 3.32. The third kappa shape index (κ3) is 8.64. The Bertz CT molecular complexity index is 162. The largest absolute Gasteiger partial charge is 0.379 e. The van der Waals surface area contributed by atoms with Crippen LogP contribution in [0.1, 0.15) is 45.4 Å². The van der Waals surface area contributed by atoms with Crippen molar-refractivity contribution in [3.05, 3.63) is 12.2 Å². The molecule has 1 atom stereocenters. The van der Waals surface area contributed by atoms with E-state index in [-0.39, 0.29) is 0 Å². The van der Waals surface area contributed by atoms with Gasteiger partial charge in [0.15, 0.2) is 0 Å². The summed E-state index contributed by atoms with van der Waals surface area (Å²) in [6.07, 6.45) is 12.5. The molecule has 0 N–H and O–H groups in total. The molecule has 2 heteroatoms. The van der Waals surface area contributed by atoms with Crippen LogP contribution in [-0.2, 0) is 9.47 Å². The molecule has 1 rings (SSSR count). The van der Waals surface area contributed by atoms with Gasteiger partial charge >= 0.3 is 0 Å². The number of epoxide rings is 1. The molecular formula is C13H24O2. The van der Waals surface area contributed by atoms with Gasteiger partial charge in [0.2, 0.25) is 0 Å². The van der Waals surface area contributed by atoms with Gasteiger partial charge in [-0.1, -0.05) is 31.9 Å². The molecular weight excluding hydrogens is 188 g/mol. The molecule has 15 heavy (non-hydrogen) atoms. The number of ether oxygens (including phenoxy) is 2. The Morgan fingerprint density at radius 2 is 1.93 bits per heavy atom. The summed E-state index contributed by atoms with van der Waals surface area (Å²) in [6, 6.07) is 0. The molecule has 0 amide bonds. The highest BCUT2D eigenvalue weighted by Gasteiger charge is 2.21. The minimum absolute atomic E-state index is 0.412. The van der Waals surface area contributed by atoms with Crippen LogP contribution in [0.25, 0.3) is 0 Å². The first-order valence-electron chi connectivity index (χ1n) is 6.28. The predicted molar refractivity (Wildman–Crippen MR) is 63.1 cm³/mol. The smallest absolute Gasteiger partial charge is 0.104 e. The second kappa shape index (κ2) is 8.93. The Morgan fingerprint density at radius 1 is 1.20 bits per heavy atom. The number of allylic oxidation sites excluding steroid dienone is 2. The minimum atomic E-state index is 0.412. The quantitative estimate of drug-likeness (QED) is 0.315. The first kappa shape index (κ1) is 12.7. The van der Waals surface area contributed by atoms with Crippen LogP contribution in [-0.4, -0.2) is 25.9 Å². The minimum Gasteiger partial charge on any atom is -0.379 e. The summed E-state index contributed by atoms with van der Waals surface area (Å²) >= 11 is 0. The summed E-state index contributed by atoms with van der Waals surface area (Å²) in [4.78, 5) is 0. The maximum atomic E-state index is 5.44. The van der Waals surface area contributed by atoms with E-state index >= 15 is 0 Å². The number of unbranched alkanes of at least 4 members (excludes halogenated alkanes) is 4. The van der Waals surface area contributed by atoms with Crippen LogP contribution in [0.5, 0.6) is 0 Å². The molecule has 0 saturated carbocycles. The van der Waals surface area contributed by atoms with Crippen LogP contribution in [0.3, 0.4) is 0 Å². The maximum Gasteiger partial charge on any atom is 0.104 e. The fourth-order valence-corrected chi connectivity index (χ4v) is 1.43. The molecule has 1 saturated heterocycles. The number of hydrogen-bond donors (Lipinski definition) is 0. The highest BCUT2D eigenvalue weighted by atomic mass is 16.6. The van der Waals surface area contributed by atoms with Gasteiger partial charge in [-0.3, -0.25) is 0 Å². The van der Waals surface area contributed by atoms with Crippen LogP contribution in [0, 0.1) is 0 Å². The van der Waals surface area contributed by atoms with E-state index < -0.39 is 0 Å². The molecule has 0 aromatic heterocycles. The number of hydrogen-bond acceptors (Lipinski definition) is 2. The molecule has 88 valence electrons. The van der Waals surface area contributed by atoms with Crippen molar-refractivity contribution in [3.63, 3.8) is 0 Å². The lowest BCUT2D eigenvalue weighted by Gasteiger charge is -1.99. The van der Waals surface area contributed by atoms with Gasteiger partial charge in [0.05, 0.1) is 13.2 Å². The van der Waals surface area contributed by atoms with Crippen molar-refractivity contribution in [3.8, 4) is 0 Å². The standard InChI is InChI=1S/C13H24O2/c1-2-3-4-5-6-7-8-9-10-14-11-13-12-15-13/h6-7,13H,2-5,8-12H2,1H3/t13-/m1/s1. The van der Waals surface area contributed by atoms with Crippen LogP contribution < -0.4 is 0 Å². The van der Waals surface area contributed by atoms with Crippen LogP contribution in [0.2, 0.25) is 0 Å². The Morgan fingerprint density at radius 3 is 2.60 bits per heavy atom. The summed E-state index contributed by atoms with van der Waals surface area (Å²) in [6.45, 7) is 4.81. The van der Waals surface area contributed by atoms with E-state index in [1.54, 1.807) is 0 Å². The molecule has 2 nitrogen and oxygen atoms in total. The Kier molecular flexibility index (Phi) is 7.58. The lowest BCUT2D eigenvalue weighted by atomic mass is 10.2. The fraction of sp³-hybridized carbons (Fsp3) is 0.846. The average Bonchev–Trinajstić information content (AvgIpc) is 3.05. The third-order valence-electron chi connectivity index (χ3n) is 2.51. The molecule has 0 spiro atoms. The lowest BCUT2D eigenvalue weighted by Crippen LogP contribution is -2.02. The van der Waals surface area contributed by atoms with Crippen LogP contribution in [0.15, 0.2) is 12.2 Å². The average molecular weight is 212 g/mol. The third-order valence-corrected chi connectivity index (χ3v) is 2.51. The van der Waals surface area contributed by atoms with E-state index in [1.807, 2.05) is 0 Å². The van der Waals surface area contributed by atoms with Gasteiger partial charge in [-0.15, -0.1) is 0 Å². The first-order chi connectivity index (χ1) is 7.43. The summed E-state index contributed by atoms with van der Waals surface area (Å²) in [5.41, 5.74) is 0. The van der Waals surface area contributed by atoms with Crippen molar-refractivity contribution in [1.29, 1.82) is 0 Å². The van der Waals surface area contributed by atoms with Crippen molar-refractivity contribution in [2.75, 3.05) is 19.8 Å². The van der Waals surface area contributed by atoms with Crippen molar-refractivity contribution in [2.45, 2.75) is 51.6 Å². The second-order valence-electron chi connectivity index (χ2n) is 4.14. The highest BCUT2D eigenvalue weighted by molar-refractivity contribution is 4.81. The van der Waals surface area contributed by atoms with E-state index in [4.69, 9.17) is 9.47 Å². The van der Waals surface area contributed by atoms with Gasteiger partial charge in [-0.25, -0.2) is 0 Å². The van der Waals surface area contributed by atoms with E-state index in [0.717, 1.165) is 32.7 Å². The molecule has 0 radical (unpaired) electrons. The molecule has 0 bridgehead atoms. The highest BCUT2D eigenvalue weighted by Crippen LogP contribution is 2.08. The zero-order valence-electron chi connectivity index (χ0n) is 9.91. The van der Waals surface area contributed by atoms with Crippen molar-refractivity contribution < 1.29 is 9.47 Å². The normalized spacial score (nSPS) is 19.9. The van der Waals surface area contributed by atoms with Gasteiger partial charge in [-0.05, 0) is 25.7 Å². The van der Waals surface area contributed by atoms with Gasteiger partial charge in [0.1, 0.15) is 6.10 Å². The lowest BCUT2D eigenvalue weighted by molar-refractivity contribution is 0.115.